The molecule has 2 aliphatic rings. The van der Waals surface area contributed by atoms with Gasteiger partial charge in [0, 0.05) is 6.54 Å². The van der Waals surface area contributed by atoms with E-state index in [-0.39, 0.29) is 12.1 Å². The zero-order valence-electron chi connectivity index (χ0n) is 18.5. The smallest absolute Gasteiger partial charge is 0.184 e. The van der Waals surface area contributed by atoms with E-state index in [1.807, 2.05) is 6.33 Å². The minimum atomic E-state index is -0.279. The first-order chi connectivity index (χ1) is 16.2. The molecular formula is C26H28N4O2S. The largest absolute Gasteiger partial charge is 0.391 e. The molecule has 1 aliphatic carbocycles. The van der Waals surface area contributed by atoms with E-state index in [4.69, 9.17) is 9.72 Å². The van der Waals surface area contributed by atoms with Crippen molar-refractivity contribution in [2.75, 3.05) is 18.5 Å². The first kappa shape index (κ1) is 20.8. The van der Waals surface area contributed by atoms with Gasteiger partial charge in [0.25, 0.3) is 0 Å². The zero-order valence-corrected chi connectivity index (χ0v) is 19.4. The molecule has 3 heterocycles. The number of imidazole rings is 1. The Morgan fingerprint density at radius 1 is 1.12 bits per heavy atom. The summed E-state index contributed by atoms with van der Waals surface area (Å²) in [6.45, 7) is 2.25. The number of ether oxygens (including phenoxy) is 1. The van der Waals surface area contributed by atoms with Crippen LogP contribution in [0.4, 0.5) is 5.13 Å². The number of aliphatic hydroxyl groups excluding tert-OH is 1. The highest BCUT2D eigenvalue weighted by molar-refractivity contribution is 7.22. The molecule has 4 aromatic rings. The summed E-state index contributed by atoms with van der Waals surface area (Å²) in [5, 5.41) is 14.6. The van der Waals surface area contributed by atoms with Gasteiger partial charge < -0.3 is 19.7 Å². The van der Waals surface area contributed by atoms with Crippen LogP contribution in [0.15, 0.2) is 48.8 Å². The molecule has 2 aromatic heterocycles. The van der Waals surface area contributed by atoms with Gasteiger partial charge in [-0.2, -0.15) is 0 Å². The van der Waals surface area contributed by atoms with Crippen molar-refractivity contribution < 1.29 is 9.84 Å². The maximum atomic E-state index is 10.3. The number of benzene rings is 2. The molecule has 1 aliphatic heterocycles. The van der Waals surface area contributed by atoms with Gasteiger partial charge in [-0.05, 0) is 60.2 Å². The minimum Gasteiger partial charge on any atom is -0.391 e. The number of nitrogens with one attached hydrogen (secondary N) is 1. The monoisotopic (exact) mass is 460 g/mol. The molecule has 0 bridgehead atoms. The summed E-state index contributed by atoms with van der Waals surface area (Å²) in [5.74, 6) is 0. The second-order valence-electron chi connectivity index (χ2n) is 9.05. The summed E-state index contributed by atoms with van der Waals surface area (Å²) < 4.78 is 8.81. The number of rotatable bonds is 5. The van der Waals surface area contributed by atoms with Crippen molar-refractivity contribution in [3.05, 3.63) is 59.9 Å². The number of aromatic nitrogens is 3. The molecule has 0 spiro atoms. The lowest BCUT2D eigenvalue weighted by Gasteiger charge is -2.27. The third-order valence-electron chi connectivity index (χ3n) is 6.80. The second-order valence-corrected chi connectivity index (χ2v) is 10.1. The highest BCUT2D eigenvalue weighted by Gasteiger charge is 2.23. The fraction of sp³-hybridized carbons (Fsp3) is 0.385. The maximum Gasteiger partial charge on any atom is 0.184 e. The van der Waals surface area contributed by atoms with Crippen molar-refractivity contribution in [1.29, 1.82) is 0 Å². The van der Waals surface area contributed by atoms with E-state index in [1.54, 1.807) is 11.3 Å². The van der Waals surface area contributed by atoms with Crippen LogP contribution >= 0.6 is 11.3 Å². The first-order valence-electron chi connectivity index (χ1n) is 11.8. The van der Waals surface area contributed by atoms with Crippen LogP contribution in [-0.2, 0) is 11.3 Å². The van der Waals surface area contributed by atoms with Gasteiger partial charge in [0.05, 0.1) is 52.9 Å². The summed E-state index contributed by atoms with van der Waals surface area (Å²) in [6.07, 6.45) is 8.93. The molecular weight excluding hydrogens is 432 g/mol. The van der Waals surface area contributed by atoms with Crippen molar-refractivity contribution in [2.45, 2.75) is 50.8 Å². The van der Waals surface area contributed by atoms with E-state index in [0.717, 1.165) is 66.9 Å². The number of hydrogen-bond acceptors (Lipinski definition) is 6. The quantitative estimate of drug-likeness (QED) is 0.428. The van der Waals surface area contributed by atoms with Crippen LogP contribution in [-0.4, -0.2) is 45.0 Å². The van der Waals surface area contributed by atoms with Gasteiger partial charge in [-0.3, -0.25) is 0 Å². The molecule has 6 rings (SSSR count). The van der Waals surface area contributed by atoms with Crippen molar-refractivity contribution in [2.24, 2.45) is 0 Å². The number of nitrogens with zero attached hydrogens (tertiary/aromatic N) is 3. The van der Waals surface area contributed by atoms with Crippen molar-refractivity contribution in [1.82, 2.24) is 14.5 Å². The Kier molecular flexibility index (Phi) is 5.62. The van der Waals surface area contributed by atoms with Crippen LogP contribution in [0, 0.1) is 0 Å². The Labute approximate surface area is 196 Å². The Morgan fingerprint density at radius 2 is 2.06 bits per heavy atom. The lowest BCUT2D eigenvalue weighted by Crippen LogP contribution is -2.36. The highest BCUT2D eigenvalue weighted by Crippen LogP contribution is 2.30. The van der Waals surface area contributed by atoms with Gasteiger partial charge in [-0.1, -0.05) is 42.4 Å². The van der Waals surface area contributed by atoms with Gasteiger partial charge in [-0.25, -0.2) is 9.97 Å². The van der Waals surface area contributed by atoms with Crippen molar-refractivity contribution in [3.63, 3.8) is 0 Å². The van der Waals surface area contributed by atoms with E-state index >= 15 is 0 Å². The Hall–Kier alpha value is -2.74. The number of thiazole rings is 1. The third-order valence-corrected chi connectivity index (χ3v) is 7.75. The Balaban J connectivity index is 1.22. The van der Waals surface area contributed by atoms with Crippen LogP contribution in [0.25, 0.3) is 26.8 Å². The lowest BCUT2D eigenvalue weighted by atomic mass is 9.93. The highest BCUT2D eigenvalue weighted by atomic mass is 32.1. The summed E-state index contributed by atoms with van der Waals surface area (Å²) in [6, 6.07) is 13.1. The average Bonchev–Trinajstić information content (AvgIpc) is 3.44. The molecule has 2 unspecified atom stereocenters. The average molecular weight is 461 g/mol. The molecule has 2 aromatic carbocycles. The van der Waals surface area contributed by atoms with E-state index < -0.39 is 0 Å². The van der Waals surface area contributed by atoms with Gasteiger partial charge in [-0.15, -0.1) is 0 Å². The molecule has 1 fully saturated rings. The van der Waals surface area contributed by atoms with Crippen LogP contribution in [0.2, 0.25) is 0 Å². The van der Waals surface area contributed by atoms with Gasteiger partial charge >= 0.3 is 0 Å². The molecule has 0 amide bonds. The van der Waals surface area contributed by atoms with Crippen LogP contribution in [0.5, 0.6) is 0 Å². The van der Waals surface area contributed by atoms with Gasteiger partial charge in [0.1, 0.15) is 0 Å². The molecule has 33 heavy (non-hydrogen) atoms. The summed E-state index contributed by atoms with van der Waals surface area (Å²) in [4.78, 5) is 9.42. The van der Waals surface area contributed by atoms with Crippen molar-refractivity contribution in [3.8, 4) is 0 Å². The van der Waals surface area contributed by atoms with Gasteiger partial charge in [0.15, 0.2) is 5.13 Å². The molecule has 7 heteroatoms. The molecule has 2 N–H and O–H groups in total. The fourth-order valence-corrected chi connectivity index (χ4v) is 5.93. The topological polar surface area (TPSA) is 72.2 Å². The molecule has 170 valence electrons. The number of fused-ring (bicyclic) bond motifs is 2. The predicted octanol–water partition coefficient (Wildman–Crippen LogP) is 5.21. The molecule has 0 radical (unpaired) electrons. The number of hydrogen-bond donors (Lipinski definition) is 2. The van der Waals surface area contributed by atoms with Crippen LogP contribution < -0.4 is 5.32 Å². The summed E-state index contributed by atoms with van der Waals surface area (Å²) in [5.41, 5.74) is 6.98. The normalized spacial score (nSPS) is 21.4. The SMILES string of the molecule is OC1CCCCC1Nc1nc2ccc(Cn3cnc4cc(C5=CCOCC5)ccc43)cc2s1. The Bertz CT molecular complexity index is 1320. The fourth-order valence-electron chi connectivity index (χ4n) is 4.94. The number of aliphatic hydroxyl groups is 1. The van der Waals surface area contributed by atoms with E-state index in [2.05, 4.69) is 57.3 Å². The zero-order chi connectivity index (χ0) is 22.2. The van der Waals surface area contributed by atoms with Crippen molar-refractivity contribution >= 4 is 43.3 Å². The maximum absolute atomic E-state index is 10.3. The molecule has 2 atom stereocenters. The molecule has 1 saturated carbocycles. The van der Waals surface area contributed by atoms with E-state index in [1.165, 1.54) is 21.4 Å². The van der Waals surface area contributed by atoms with E-state index in [0.29, 0.717) is 6.61 Å². The standard InChI is InChI=1S/C26H28N4O2S/c31-24-4-2-1-3-20(24)28-26-29-21-7-5-17(13-25(21)33-26)15-30-16-27-22-14-19(6-8-23(22)30)18-9-11-32-12-10-18/h5-9,13-14,16,20,24,31H,1-4,10-12,15H2,(H,28,29). The lowest BCUT2D eigenvalue weighted by molar-refractivity contribution is 0.116. The predicted molar refractivity (Wildman–Crippen MR) is 134 cm³/mol. The van der Waals surface area contributed by atoms with Crippen LogP contribution in [0.1, 0.15) is 43.2 Å². The molecule has 6 nitrogen and oxygen atoms in total. The van der Waals surface area contributed by atoms with Gasteiger partial charge in [0.2, 0.25) is 0 Å². The molecule has 0 saturated heterocycles. The summed E-state index contributed by atoms with van der Waals surface area (Å²) in [7, 11) is 0. The van der Waals surface area contributed by atoms with E-state index in [9.17, 15) is 5.11 Å². The Morgan fingerprint density at radius 3 is 2.94 bits per heavy atom. The second kappa shape index (κ2) is 8.89. The third kappa shape index (κ3) is 4.28. The first-order valence-corrected chi connectivity index (χ1v) is 12.6. The van der Waals surface area contributed by atoms with Crippen LogP contribution in [0.3, 0.4) is 0 Å². The number of anilines is 1. The summed E-state index contributed by atoms with van der Waals surface area (Å²) >= 11 is 1.67. The minimum absolute atomic E-state index is 0.109.